The van der Waals surface area contributed by atoms with Crippen LogP contribution in [0.25, 0.3) is 0 Å². The minimum Gasteiger partial charge on any atom is -0.356 e. The van der Waals surface area contributed by atoms with Crippen LogP contribution in [0.2, 0.25) is 0 Å². The number of aliphatic imine (C=N–C) groups is 1. The van der Waals surface area contributed by atoms with Gasteiger partial charge in [0.15, 0.2) is 5.96 Å². The third-order valence-electron chi connectivity index (χ3n) is 4.93. The first-order chi connectivity index (χ1) is 13.8. The van der Waals surface area contributed by atoms with Gasteiger partial charge in [0, 0.05) is 65.3 Å². The summed E-state index contributed by atoms with van der Waals surface area (Å²) >= 11 is 0. The fraction of sp³-hybridized carbons (Fsp3) is 0.476. The van der Waals surface area contributed by atoms with Crippen LogP contribution >= 0.6 is 0 Å². The van der Waals surface area contributed by atoms with E-state index in [0.29, 0.717) is 0 Å². The molecule has 28 heavy (non-hydrogen) atoms. The fourth-order valence-corrected chi connectivity index (χ4v) is 3.32. The Hall–Kier alpha value is -2.67. The summed E-state index contributed by atoms with van der Waals surface area (Å²) in [7, 11) is 1.82. The topological polar surface area (TPSA) is 68.7 Å². The molecule has 2 heterocycles. The molecule has 0 amide bonds. The summed E-state index contributed by atoms with van der Waals surface area (Å²) < 4.78 is 0. The Morgan fingerprint density at radius 1 is 0.964 bits per heavy atom. The van der Waals surface area contributed by atoms with E-state index < -0.39 is 0 Å². The summed E-state index contributed by atoms with van der Waals surface area (Å²) in [6.45, 7) is 6.82. The van der Waals surface area contributed by atoms with Crippen LogP contribution in [0.15, 0.2) is 53.8 Å². The first-order valence-corrected chi connectivity index (χ1v) is 10.1. The molecule has 2 aromatic rings. The summed E-state index contributed by atoms with van der Waals surface area (Å²) in [6, 6.07) is 12.5. The third-order valence-corrected chi connectivity index (χ3v) is 4.93. The zero-order valence-electron chi connectivity index (χ0n) is 16.7. The second-order valence-corrected chi connectivity index (χ2v) is 6.89. The van der Waals surface area contributed by atoms with Crippen LogP contribution in [0, 0.1) is 0 Å². The van der Waals surface area contributed by atoms with E-state index in [9.17, 15) is 0 Å². The molecule has 7 nitrogen and oxygen atoms in total. The number of guanidine groups is 1. The molecule has 0 atom stereocenters. The number of aromatic nitrogens is 2. The Morgan fingerprint density at radius 3 is 2.39 bits per heavy atom. The number of piperazine rings is 1. The molecule has 1 aromatic heterocycles. The van der Waals surface area contributed by atoms with Crippen molar-refractivity contribution >= 4 is 11.9 Å². The molecule has 0 bridgehead atoms. The van der Waals surface area contributed by atoms with Crippen molar-refractivity contribution in [3.63, 3.8) is 0 Å². The average Bonchev–Trinajstić information content (AvgIpc) is 2.77. The summed E-state index contributed by atoms with van der Waals surface area (Å²) in [5.74, 6) is 1.71. The van der Waals surface area contributed by atoms with Gasteiger partial charge in [-0.05, 0) is 24.5 Å². The number of hydrogen-bond donors (Lipinski definition) is 2. The highest BCUT2D eigenvalue weighted by Gasteiger charge is 2.18. The maximum Gasteiger partial charge on any atom is 0.225 e. The van der Waals surface area contributed by atoms with Gasteiger partial charge in [-0.15, -0.1) is 0 Å². The maximum absolute atomic E-state index is 4.34. The highest BCUT2D eigenvalue weighted by molar-refractivity contribution is 5.79. The second-order valence-electron chi connectivity index (χ2n) is 6.89. The van der Waals surface area contributed by atoms with Crippen molar-refractivity contribution in [3.8, 4) is 0 Å². The van der Waals surface area contributed by atoms with Gasteiger partial charge < -0.3 is 15.5 Å². The average molecular weight is 382 g/mol. The highest BCUT2D eigenvalue weighted by Crippen LogP contribution is 2.09. The van der Waals surface area contributed by atoms with Crippen molar-refractivity contribution in [3.05, 3.63) is 54.4 Å². The molecule has 1 fully saturated rings. The molecule has 0 aliphatic carbocycles. The van der Waals surface area contributed by atoms with Gasteiger partial charge in [-0.2, -0.15) is 0 Å². The van der Waals surface area contributed by atoms with E-state index in [1.807, 2.05) is 13.1 Å². The maximum atomic E-state index is 4.34. The van der Waals surface area contributed by atoms with Crippen LogP contribution in [0.3, 0.4) is 0 Å². The van der Waals surface area contributed by atoms with E-state index in [0.717, 1.165) is 70.6 Å². The third kappa shape index (κ3) is 6.49. The molecule has 7 heteroatoms. The van der Waals surface area contributed by atoms with Gasteiger partial charge in [0.1, 0.15) is 0 Å². The molecule has 1 aliphatic rings. The Kier molecular flexibility index (Phi) is 8.06. The van der Waals surface area contributed by atoms with Crippen molar-refractivity contribution in [2.24, 2.45) is 4.99 Å². The summed E-state index contributed by atoms with van der Waals surface area (Å²) in [5.41, 5.74) is 1.38. The lowest BCUT2D eigenvalue weighted by atomic mass is 10.1. The summed E-state index contributed by atoms with van der Waals surface area (Å²) in [6.07, 6.45) is 5.78. The van der Waals surface area contributed by atoms with E-state index in [4.69, 9.17) is 0 Å². The van der Waals surface area contributed by atoms with Crippen LogP contribution in [0.1, 0.15) is 12.0 Å². The molecule has 0 spiro atoms. The van der Waals surface area contributed by atoms with Crippen LogP contribution in [0.4, 0.5) is 5.95 Å². The Bertz CT molecular complexity index is 697. The Morgan fingerprint density at radius 2 is 1.68 bits per heavy atom. The lowest BCUT2D eigenvalue weighted by Crippen LogP contribution is -2.49. The number of nitrogens with zero attached hydrogens (tertiary/aromatic N) is 5. The van der Waals surface area contributed by atoms with Gasteiger partial charge in [0.25, 0.3) is 0 Å². The van der Waals surface area contributed by atoms with Gasteiger partial charge in [0.2, 0.25) is 5.95 Å². The van der Waals surface area contributed by atoms with Gasteiger partial charge >= 0.3 is 0 Å². The monoisotopic (exact) mass is 381 g/mol. The van der Waals surface area contributed by atoms with Gasteiger partial charge in [-0.3, -0.25) is 9.89 Å². The van der Waals surface area contributed by atoms with Crippen molar-refractivity contribution in [1.82, 2.24) is 25.5 Å². The van der Waals surface area contributed by atoms with E-state index in [1.54, 1.807) is 12.4 Å². The smallest absolute Gasteiger partial charge is 0.225 e. The van der Waals surface area contributed by atoms with E-state index >= 15 is 0 Å². The number of benzene rings is 1. The lowest BCUT2D eigenvalue weighted by molar-refractivity contribution is 0.260. The van der Waals surface area contributed by atoms with Crippen molar-refractivity contribution < 1.29 is 0 Å². The van der Waals surface area contributed by atoms with Crippen LogP contribution in [-0.4, -0.2) is 73.7 Å². The largest absolute Gasteiger partial charge is 0.356 e. The molecule has 0 saturated carbocycles. The molecular weight excluding hydrogens is 350 g/mol. The first kappa shape index (κ1) is 20.1. The van der Waals surface area contributed by atoms with E-state index in [-0.39, 0.29) is 0 Å². The SMILES string of the molecule is CN=C(NCCCc1ccccc1)NCCN1CCN(c2ncccn2)CC1. The van der Waals surface area contributed by atoms with Gasteiger partial charge in [-0.1, -0.05) is 30.3 Å². The minimum absolute atomic E-state index is 0.834. The quantitative estimate of drug-likeness (QED) is 0.409. The number of aryl methyl sites for hydroxylation is 1. The number of hydrogen-bond acceptors (Lipinski definition) is 5. The predicted octanol–water partition coefficient (Wildman–Crippen LogP) is 1.40. The number of anilines is 1. The molecule has 0 unspecified atom stereocenters. The molecular formula is C21H31N7. The zero-order valence-corrected chi connectivity index (χ0v) is 16.7. The molecule has 150 valence electrons. The standard InChI is InChI=1S/C21H31N7/c1-22-20(23-10-5-9-19-7-3-2-4-8-19)24-13-14-27-15-17-28(18-16-27)21-25-11-6-12-26-21/h2-4,6-8,11-12H,5,9-10,13-18H2,1H3,(H2,22,23,24). The summed E-state index contributed by atoms with van der Waals surface area (Å²) in [4.78, 5) is 17.7. The molecule has 1 aliphatic heterocycles. The van der Waals surface area contributed by atoms with Crippen LogP contribution in [-0.2, 0) is 6.42 Å². The van der Waals surface area contributed by atoms with Crippen LogP contribution < -0.4 is 15.5 Å². The van der Waals surface area contributed by atoms with Crippen molar-refractivity contribution in [1.29, 1.82) is 0 Å². The molecule has 1 saturated heterocycles. The van der Waals surface area contributed by atoms with Gasteiger partial charge in [-0.25, -0.2) is 9.97 Å². The van der Waals surface area contributed by atoms with Crippen molar-refractivity contribution in [2.75, 3.05) is 57.8 Å². The predicted molar refractivity (Wildman–Crippen MR) is 115 cm³/mol. The second kappa shape index (κ2) is 11.2. The fourth-order valence-electron chi connectivity index (χ4n) is 3.32. The normalized spacial score (nSPS) is 15.5. The lowest BCUT2D eigenvalue weighted by Gasteiger charge is -2.34. The van der Waals surface area contributed by atoms with Gasteiger partial charge in [0.05, 0.1) is 0 Å². The number of nitrogens with one attached hydrogen (secondary N) is 2. The van der Waals surface area contributed by atoms with Crippen molar-refractivity contribution in [2.45, 2.75) is 12.8 Å². The summed E-state index contributed by atoms with van der Waals surface area (Å²) in [5, 5.41) is 6.82. The Balaban J connectivity index is 1.27. The molecule has 0 radical (unpaired) electrons. The minimum atomic E-state index is 0.834. The van der Waals surface area contributed by atoms with Crippen LogP contribution in [0.5, 0.6) is 0 Å². The van der Waals surface area contributed by atoms with E-state index in [2.05, 4.69) is 65.7 Å². The Labute approximate surface area is 167 Å². The zero-order chi connectivity index (χ0) is 19.4. The molecule has 1 aromatic carbocycles. The highest BCUT2D eigenvalue weighted by atomic mass is 15.3. The number of rotatable bonds is 8. The molecule has 3 rings (SSSR count). The molecule has 2 N–H and O–H groups in total. The first-order valence-electron chi connectivity index (χ1n) is 10.1. The van der Waals surface area contributed by atoms with E-state index in [1.165, 1.54) is 5.56 Å².